The van der Waals surface area contributed by atoms with E-state index in [4.69, 9.17) is 0 Å². The lowest BCUT2D eigenvalue weighted by atomic mass is 10.0. The summed E-state index contributed by atoms with van der Waals surface area (Å²) in [4.78, 5) is 22.5. The van der Waals surface area contributed by atoms with Gasteiger partial charge in [-0.2, -0.15) is 13.2 Å². The molecule has 2 fully saturated rings. The lowest BCUT2D eigenvalue weighted by Gasteiger charge is -2.44. The first-order valence-corrected chi connectivity index (χ1v) is 10.8. The number of alkyl halides is 3. The molecule has 1 amide bonds. The molecule has 3 heterocycles. The number of amides is 1. The van der Waals surface area contributed by atoms with Gasteiger partial charge in [0.25, 0.3) is 5.91 Å². The number of carbonyl (C=O) groups is 1. The predicted molar refractivity (Wildman–Crippen MR) is 114 cm³/mol. The number of nitrogens with one attached hydrogen (secondary N) is 1. The van der Waals surface area contributed by atoms with Crippen LogP contribution in [0.25, 0.3) is 0 Å². The molecule has 0 bridgehead atoms. The van der Waals surface area contributed by atoms with Crippen LogP contribution in [0, 0.1) is 13.8 Å². The highest BCUT2D eigenvalue weighted by Crippen LogP contribution is 2.32. The fourth-order valence-corrected chi connectivity index (χ4v) is 4.77. The van der Waals surface area contributed by atoms with E-state index in [1.54, 1.807) is 6.07 Å². The zero-order valence-electron chi connectivity index (χ0n) is 18.0. The summed E-state index contributed by atoms with van der Waals surface area (Å²) in [5.74, 6) is 0.0536. The summed E-state index contributed by atoms with van der Waals surface area (Å²) in [6, 6.07) is 7.84. The van der Waals surface area contributed by atoms with Crippen LogP contribution in [0.15, 0.2) is 30.3 Å². The van der Waals surface area contributed by atoms with E-state index in [0.29, 0.717) is 31.0 Å². The Kier molecular flexibility index (Phi) is 6.01. The molecular formula is C23H29F3N4O. The molecule has 5 nitrogen and oxygen atoms in total. The van der Waals surface area contributed by atoms with Crippen LogP contribution in [0.4, 0.5) is 18.9 Å². The average molecular weight is 435 g/mol. The minimum Gasteiger partial charge on any atom is -0.369 e. The maximum atomic E-state index is 13.0. The average Bonchev–Trinajstić information content (AvgIpc) is 3.11. The monoisotopic (exact) mass is 434 g/mol. The van der Waals surface area contributed by atoms with E-state index in [2.05, 4.69) is 9.88 Å². The molecule has 1 atom stereocenters. The number of hydrogen-bond donors (Lipinski definition) is 1. The van der Waals surface area contributed by atoms with Gasteiger partial charge in [0.15, 0.2) is 0 Å². The van der Waals surface area contributed by atoms with Crippen molar-refractivity contribution in [2.24, 2.45) is 0 Å². The zero-order chi connectivity index (χ0) is 22.2. The third-order valence-corrected chi connectivity index (χ3v) is 6.42. The Morgan fingerprint density at radius 2 is 1.81 bits per heavy atom. The van der Waals surface area contributed by atoms with Crippen LogP contribution in [0.1, 0.15) is 40.2 Å². The van der Waals surface area contributed by atoms with Gasteiger partial charge in [-0.25, -0.2) is 0 Å². The van der Waals surface area contributed by atoms with Gasteiger partial charge in [-0.05, 0) is 56.5 Å². The number of carbonyl (C=O) groups excluding carboxylic acids is 1. The van der Waals surface area contributed by atoms with Crippen molar-refractivity contribution in [3.63, 3.8) is 0 Å². The lowest BCUT2D eigenvalue weighted by Crippen LogP contribution is -2.56. The van der Waals surface area contributed by atoms with Gasteiger partial charge in [0.05, 0.1) is 5.56 Å². The van der Waals surface area contributed by atoms with Gasteiger partial charge < -0.3 is 14.8 Å². The van der Waals surface area contributed by atoms with Crippen LogP contribution in [0.5, 0.6) is 0 Å². The molecule has 1 N–H and O–H groups in total. The number of piperazine rings is 1. The van der Waals surface area contributed by atoms with E-state index in [9.17, 15) is 18.0 Å². The van der Waals surface area contributed by atoms with E-state index in [0.717, 1.165) is 49.8 Å². The molecular weight excluding hydrogens is 405 g/mol. The van der Waals surface area contributed by atoms with E-state index >= 15 is 0 Å². The van der Waals surface area contributed by atoms with Gasteiger partial charge in [-0.1, -0.05) is 6.07 Å². The molecule has 1 aromatic carbocycles. The van der Waals surface area contributed by atoms with Crippen LogP contribution in [-0.2, 0) is 6.18 Å². The van der Waals surface area contributed by atoms with E-state index in [-0.39, 0.29) is 11.9 Å². The first-order valence-electron chi connectivity index (χ1n) is 10.8. The van der Waals surface area contributed by atoms with Gasteiger partial charge in [0.1, 0.15) is 5.69 Å². The molecule has 0 spiro atoms. The number of H-pyrrole nitrogens is 1. The van der Waals surface area contributed by atoms with Crippen LogP contribution in [0.2, 0.25) is 0 Å². The first-order chi connectivity index (χ1) is 14.7. The van der Waals surface area contributed by atoms with Gasteiger partial charge in [0, 0.05) is 56.7 Å². The Labute approximate surface area is 180 Å². The van der Waals surface area contributed by atoms with Crippen molar-refractivity contribution in [2.45, 2.75) is 38.9 Å². The number of aromatic amines is 1. The molecule has 0 aliphatic carbocycles. The van der Waals surface area contributed by atoms with Crippen LogP contribution in [-0.4, -0.2) is 66.0 Å². The molecule has 0 unspecified atom stereocenters. The number of aryl methyl sites for hydroxylation is 2. The van der Waals surface area contributed by atoms with Crippen molar-refractivity contribution in [3.05, 3.63) is 52.8 Å². The number of halogens is 3. The fraction of sp³-hybridized carbons (Fsp3) is 0.522. The number of benzene rings is 1. The number of aromatic nitrogens is 1. The summed E-state index contributed by atoms with van der Waals surface area (Å²) in [6.07, 6.45) is -2.33. The lowest BCUT2D eigenvalue weighted by molar-refractivity contribution is -0.137. The summed E-state index contributed by atoms with van der Waals surface area (Å²) in [6.45, 7) is 8.28. The van der Waals surface area contributed by atoms with E-state index in [1.165, 1.54) is 12.1 Å². The van der Waals surface area contributed by atoms with Crippen LogP contribution in [0.3, 0.4) is 0 Å². The smallest absolute Gasteiger partial charge is 0.369 e. The number of nitrogens with zero attached hydrogens (tertiary/aromatic N) is 3. The summed E-state index contributed by atoms with van der Waals surface area (Å²) in [5.41, 5.74) is 2.64. The highest BCUT2D eigenvalue weighted by atomic mass is 19.4. The van der Waals surface area contributed by atoms with Crippen molar-refractivity contribution in [3.8, 4) is 0 Å². The Morgan fingerprint density at radius 3 is 2.45 bits per heavy atom. The van der Waals surface area contributed by atoms with E-state index < -0.39 is 11.7 Å². The third kappa shape index (κ3) is 4.74. The highest BCUT2D eigenvalue weighted by Gasteiger charge is 2.33. The standard InChI is InChI=1S/C23H29F3N4O/c1-16-13-17(2)27-21(16)22(31)30-8-4-7-20(15-30)29-11-9-28(10-12-29)19-6-3-5-18(14-19)23(24,25)26/h3,5-6,13-14,20,27H,4,7-12,15H2,1-2H3/t20-/m0/s1. The normalized spacial score (nSPS) is 20.9. The molecule has 1 aromatic heterocycles. The first kappa shape index (κ1) is 21.7. The molecule has 2 aliphatic rings. The number of piperidine rings is 1. The van der Waals surface area contributed by atoms with Crippen LogP contribution < -0.4 is 4.90 Å². The van der Waals surface area contributed by atoms with Gasteiger partial charge >= 0.3 is 6.18 Å². The minimum absolute atomic E-state index is 0.0536. The largest absolute Gasteiger partial charge is 0.416 e. The summed E-state index contributed by atoms with van der Waals surface area (Å²) < 4.78 is 39.1. The Bertz CT molecular complexity index is 931. The Morgan fingerprint density at radius 1 is 1.06 bits per heavy atom. The summed E-state index contributed by atoms with van der Waals surface area (Å²) in [7, 11) is 0. The maximum absolute atomic E-state index is 13.0. The second-order valence-corrected chi connectivity index (χ2v) is 8.63. The maximum Gasteiger partial charge on any atom is 0.416 e. The number of hydrogen-bond acceptors (Lipinski definition) is 3. The minimum atomic E-state index is -4.33. The SMILES string of the molecule is Cc1cc(C)c(C(=O)N2CCC[C@H](N3CCN(c4cccc(C(F)(F)F)c4)CC3)C2)[nH]1. The molecule has 2 saturated heterocycles. The summed E-state index contributed by atoms with van der Waals surface area (Å²) >= 11 is 0. The van der Waals surface area contributed by atoms with Gasteiger partial charge in [-0.3, -0.25) is 9.69 Å². The topological polar surface area (TPSA) is 42.6 Å². The second kappa shape index (κ2) is 8.57. The van der Waals surface area contributed by atoms with Crippen molar-refractivity contribution in [2.75, 3.05) is 44.2 Å². The third-order valence-electron chi connectivity index (χ3n) is 6.42. The quantitative estimate of drug-likeness (QED) is 0.792. The van der Waals surface area contributed by atoms with Crippen LogP contribution >= 0.6 is 0 Å². The number of anilines is 1. The number of likely N-dealkylation sites (tertiary alicyclic amines) is 1. The summed E-state index contributed by atoms with van der Waals surface area (Å²) in [5, 5.41) is 0. The molecule has 31 heavy (non-hydrogen) atoms. The van der Waals surface area contributed by atoms with Crippen molar-refractivity contribution in [1.82, 2.24) is 14.8 Å². The van der Waals surface area contributed by atoms with Crippen molar-refractivity contribution >= 4 is 11.6 Å². The molecule has 2 aliphatic heterocycles. The molecule has 4 rings (SSSR count). The fourth-order valence-electron chi connectivity index (χ4n) is 4.77. The highest BCUT2D eigenvalue weighted by molar-refractivity contribution is 5.94. The van der Waals surface area contributed by atoms with Crippen molar-refractivity contribution in [1.29, 1.82) is 0 Å². The second-order valence-electron chi connectivity index (χ2n) is 8.63. The van der Waals surface area contributed by atoms with Gasteiger partial charge in [0.2, 0.25) is 0 Å². The number of rotatable bonds is 3. The molecule has 0 saturated carbocycles. The Hall–Kier alpha value is -2.48. The zero-order valence-corrected chi connectivity index (χ0v) is 18.0. The Balaban J connectivity index is 1.37. The molecule has 2 aromatic rings. The molecule has 0 radical (unpaired) electrons. The molecule has 168 valence electrons. The molecule has 8 heteroatoms. The predicted octanol–water partition coefficient (Wildman–Crippen LogP) is 4.08. The van der Waals surface area contributed by atoms with Gasteiger partial charge in [-0.15, -0.1) is 0 Å². The van der Waals surface area contributed by atoms with E-state index in [1.807, 2.05) is 29.7 Å². The van der Waals surface area contributed by atoms with Crippen molar-refractivity contribution < 1.29 is 18.0 Å².